The molecule has 1 amide bonds. The number of aromatic carboxylic acids is 1. The smallest absolute Gasteiger partial charge is 0.337 e. The largest absolute Gasteiger partial charge is 0.496 e. The molecule has 4 rings (SSSR count). The molecule has 1 heterocycles. The Bertz CT molecular complexity index is 1190. The van der Waals surface area contributed by atoms with E-state index in [9.17, 15) is 19.1 Å². The Morgan fingerprint density at radius 3 is 2.38 bits per heavy atom. The molecule has 1 fully saturated rings. The van der Waals surface area contributed by atoms with E-state index in [0.29, 0.717) is 36.5 Å². The van der Waals surface area contributed by atoms with Crippen molar-refractivity contribution in [2.75, 3.05) is 43.5 Å². The number of piperazine rings is 1. The number of methoxy groups -OCH3 is 1. The minimum atomic E-state index is -1.13. The van der Waals surface area contributed by atoms with Gasteiger partial charge in [-0.1, -0.05) is 30.3 Å². The summed E-state index contributed by atoms with van der Waals surface area (Å²) in [5, 5.41) is 12.5. The summed E-state index contributed by atoms with van der Waals surface area (Å²) in [4.78, 5) is 29.0. The number of para-hydroxylation sites is 1. The minimum absolute atomic E-state index is 0.00883. The topological polar surface area (TPSA) is 82.1 Å². The molecule has 0 aliphatic carbocycles. The van der Waals surface area contributed by atoms with E-state index in [2.05, 4.69) is 15.1 Å². The first-order valence-corrected chi connectivity index (χ1v) is 11.0. The summed E-state index contributed by atoms with van der Waals surface area (Å²) < 4.78 is 19.2. The molecule has 7 nitrogen and oxygen atoms in total. The number of ether oxygens (including phenoxy) is 1. The van der Waals surface area contributed by atoms with E-state index in [1.54, 1.807) is 54.6 Å². The van der Waals surface area contributed by atoms with Crippen LogP contribution in [-0.2, 0) is 6.54 Å². The first-order valence-electron chi connectivity index (χ1n) is 11.0. The molecule has 0 bridgehead atoms. The van der Waals surface area contributed by atoms with Crippen molar-refractivity contribution in [1.82, 2.24) is 4.90 Å². The van der Waals surface area contributed by atoms with Crippen molar-refractivity contribution in [3.63, 3.8) is 0 Å². The predicted molar refractivity (Wildman–Crippen MR) is 128 cm³/mol. The fourth-order valence-corrected chi connectivity index (χ4v) is 4.07. The fraction of sp³-hybridized carbons (Fsp3) is 0.231. The highest BCUT2D eigenvalue weighted by Gasteiger charge is 2.21. The number of nitrogens with one attached hydrogen (secondary N) is 1. The van der Waals surface area contributed by atoms with E-state index in [-0.39, 0.29) is 17.1 Å². The van der Waals surface area contributed by atoms with Crippen LogP contribution in [-0.4, -0.2) is 55.2 Å². The third-order valence-corrected chi connectivity index (χ3v) is 5.92. The lowest BCUT2D eigenvalue weighted by Crippen LogP contribution is -2.46. The van der Waals surface area contributed by atoms with Crippen LogP contribution in [0.1, 0.15) is 26.3 Å². The number of carbonyl (C=O) groups excluding carboxylic acids is 1. The monoisotopic (exact) mass is 463 g/mol. The molecule has 176 valence electrons. The van der Waals surface area contributed by atoms with Gasteiger partial charge >= 0.3 is 5.97 Å². The summed E-state index contributed by atoms with van der Waals surface area (Å²) in [7, 11) is 1.47. The first-order chi connectivity index (χ1) is 16.5. The lowest BCUT2D eigenvalue weighted by molar-refractivity contribution is 0.0698. The highest BCUT2D eigenvalue weighted by Crippen LogP contribution is 2.27. The molecule has 34 heavy (non-hydrogen) atoms. The van der Waals surface area contributed by atoms with Gasteiger partial charge in [0, 0.05) is 44.0 Å². The summed E-state index contributed by atoms with van der Waals surface area (Å²) in [6.45, 7) is 3.35. The molecule has 0 radical (unpaired) electrons. The minimum Gasteiger partial charge on any atom is -0.496 e. The molecule has 1 aliphatic rings. The summed E-state index contributed by atoms with van der Waals surface area (Å²) in [5.74, 6) is -1.38. The number of halogens is 1. The van der Waals surface area contributed by atoms with Gasteiger partial charge in [-0.15, -0.1) is 0 Å². The van der Waals surface area contributed by atoms with Gasteiger partial charge < -0.3 is 20.1 Å². The van der Waals surface area contributed by atoms with Gasteiger partial charge in [-0.3, -0.25) is 9.69 Å². The van der Waals surface area contributed by atoms with Crippen molar-refractivity contribution in [3.05, 3.63) is 89.2 Å². The Balaban J connectivity index is 1.45. The zero-order valence-corrected chi connectivity index (χ0v) is 18.8. The molecule has 1 saturated heterocycles. The summed E-state index contributed by atoms with van der Waals surface area (Å²) >= 11 is 0. The molecule has 8 heteroatoms. The van der Waals surface area contributed by atoms with Crippen LogP contribution in [0.15, 0.2) is 66.7 Å². The van der Waals surface area contributed by atoms with E-state index >= 15 is 0 Å². The Hall–Kier alpha value is -3.91. The lowest BCUT2D eigenvalue weighted by Gasteiger charge is -2.36. The SMILES string of the molecule is COc1ccccc1C(=O)Nc1ccc(N2CCN(Cc3ccccc3F)CC2)cc1C(=O)O. The molecular formula is C26H26FN3O4. The summed E-state index contributed by atoms with van der Waals surface area (Å²) in [6.07, 6.45) is 0. The lowest BCUT2D eigenvalue weighted by atomic mass is 10.1. The third-order valence-electron chi connectivity index (χ3n) is 5.92. The number of benzene rings is 3. The third kappa shape index (κ3) is 5.18. The average molecular weight is 464 g/mol. The van der Waals surface area contributed by atoms with Gasteiger partial charge in [0.1, 0.15) is 11.6 Å². The van der Waals surface area contributed by atoms with E-state index in [1.165, 1.54) is 13.2 Å². The maximum absolute atomic E-state index is 14.0. The maximum atomic E-state index is 14.0. The molecule has 0 aromatic heterocycles. The number of rotatable bonds is 7. The molecular weight excluding hydrogens is 437 g/mol. The van der Waals surface area contributed by atoms with Gasteiger partial charge in [-0.05, 0) is 36.4 Å². The van der Waals surface area contributed by atoms with E-state index in [4.69, 9.17) is 4.74 Å². The Kier molecular flexibility index (Phi) is 7.08. The normalized spacial score (nSPS) is 14.0. The summed E-state index contributed by atoms with van der Waals surface area (Å²) in [6, 6.07) is 18.5. The van der Waals surface area contributed by atoms with Crippen molar-refractivity contribution in [2.24, 2.45) is 0 Å². The van der Waals surface area contributed by atoms with E-state index < -0.39 is 11.9 Å². The maximum Gasteiger partial charge on any atom is 0.337 e. The molecule has 1 aliphatic heterocycles. The first kappa shape index (κ1) is 23.3. The second kappa shape index (κ2) is 10.4. The second-order valence-corrected chi connectivity index (χ2v) is 8.04. The van der Waals surface area contributed by atoms with Crippen LogP contribution in [0.25, 0.3) is 0 Å². The van der Waals surface area contributed by atoms with Crippen LogP contribution in [0.5, 0.6) is 5.75 Å². The zero-order chi connectivity index (χ0) is 24.1. The van der Waals surface area contributed by atoms with Crippen LogP contribution >= 0.6 is 0 Å². The van der Waals surface area contributed by atoms with Gasteiger partial charge in [0.2, 0.25) is 0 Å². The highest BCUT2D eigenvalue weighted by molar-refractivity contribution is 6.09. The highest BCUT2D eigenvalue weighted by atomic mass is 19.1. The van der Waals surface area contributed by atoms with Gasteiger partial charge in [0.05, 0.1) is 23.9 Å². The summed E-state index contributed by atoms with van der Waals surface area (Å²) in [5.41, 5.74) is 1.97. The fourth-order valence-electron chi connectivity index (χ4n) is 4.07. The molecule has 0 saturated carbocycles. The van der Waals surface area contributed by atoms with Gasteiger partial charge in [-0.25, -0.2) is 9.18 Å². The standard InChI is InChI=1S/C26H26FN3O4/c1-34-24-9-5-3-7-20(24)25(31)28-23-11-10-19(16-21(23)26(32)33)30-14-12-29(13-15-30)17-18-6-2-4-8-22(18)27/h2-11,16H,12-15,17H2,1H3,(H,28,31)(H,32,33). The van der Waals surface area contributed by atoms with Gasteiger partial charge in [0.15, 0.2) is 0 Å². The molecule has 3 aromatic carbocycles. The van der Waals surface area contributed by atoms with Crippen molar-refractivity contribution in [3.8, 4) is 5.75 Å². The van der Waals surface area contributed by atoms with Crippen molar-refractivity contribution in [2.45, 2.75) is 6.54 Å². The molecule has 0 unspecified atom stereocenters. The van der Waals surface area contributed by atoms with Gasteiger partial charge in [0.25, 0.3) is 5.91 Å². The number of nitrogens with zero attached hydrogens (tertiary/aromatic N) is 2. The van der Waals surface area contributed by atoms with Gasteiger partial charge in [-0.2, -0.15) is 0 Å². The molecule has 0 atom stereocenters. The number of anilines is 2. The molecule has 2 N–H and O–H groups in total. The predicted octanol–water partition coefficient (Wildman–Crippen LogP) is 4.11. The Morgan fingerprint density at radius 1 is 0.971 bits per heavy atom. The Morgan fingerprint density at radius 2 is 1.68 bits per heavy atom. The van der Waals surface area contributed by atoms with Crippen LogP contribution < -0.4 is 15.0 Å². The van der Waals surface area contributed by atoms with E-state index in [0.717, 1.165) is 18.8 Å². The molecule has 0 spiro atoms. The van der Waals surface area contributed by atoms with Crippen LogP contribution in [0.2, 0.25) is 0 Å². The van der Waals surface area contributed by atoms with Crippen LogP contribution in [0.3, 0.4) is 0 Å². The zero-order valence-electron chi connectivity index (χ0n) is 18.8. The van der Waals surface area contributed by atoms with E-state index in [1.807, 2.05) is 6.07 Å². The average Bonchev–Trinajstić information content (AvgIpc) is 2.86. The Labute approximate surface area is 197 Å². The number of hydrogen-bond acceptors (Lipinski definition) is 5. The van der Waals surface area contributed by atoms with Crippen molar-refractivity contribution in [1.29, 1.82) is 0 Å². The van der Waals surface area contributed by atoms with Crippen LogP contribution in [0, 0.1) is 5.82 Å². The number of amides is 1. The molecule has 3 aromatic rings. The van der Waals surface area contributed by atoms with Crippen LogP contribution in [0.4, 0.5) is 15.8 Å². The number of carboxylic acid groups (broad SMARTS) is 1. The number of carboxylic acids is 1. The quantitative estimate of drug-likeness (QED) is 0.549. The van der Waals surface area contributed by atoms with Crippen molar-refractivity contribution >= 4 is 23.3 Å². The second-order valence-electron chi connectivity index (χ2n) is 8.04. The van der Waals surface area contributed by atoms with Crippen molar-refractivity contribution < 1.29 is 23.8 Å². The number of hydrogen-bond donors (Lipinski definition) is 2. The number of carbonyl (C=O) groups is 2.